The van der Waals surface area contributed by atoms with Crippen LogP contribution in [0.4, 0.5) is 0 Å². The SMILES string of the molecule is CCC(C)NC(=O)c1cc(-c2ccc(Cl)s2)nc2ccccc12. The standard InChI is InChI=1S/C18H17ClN2OS/c1-3-11(2)20-18(22)13-10-15(16-8-9-17(19)23-16)21-14-7-5-4-6-12(13)14/h4-11H,3H2,1-2H3,(H,20,22). The number of benzene rings is 1. The van der Waals surface area contributed by atoms with Gasteiger partial charge in [0.2, 0.25) is 0 Å². The third kappa shape index (κ3) is 3.38. The lowest BCUT2D eigenvalue weighted by Gasteiger charge is -2.13. The van der Waals surface area contributed by atoms with E-state index in [1.807, 2.05) is 49.4 Å². The number of aromatic nitrogens is 1. The number of hydrogen-bond donors (Lipinski definition) is 1. The Morgan fingerprint density at radius 1 is 1.30 bits per heavy atom. The molecule has 3 rings (SSSR count). The number of pyridine rings is 1. The first kappa shape index (κ1) is 16.0. The molecule has 0 spiro atoms. The van der Waals surface area contributed by atoms with E-state index in [1.54, 1.807) is 0 Å². The molecule has 0 aliphatic heterocycles. The summed E-state index contributed by atoms with van der Waals surface area (Å²) in [6, 6.07) is 13.5. The van der Waals surface area contributed by atoms with Crippen molar-refractivity contribution < 1.29 is 4.79 Å². The molecule has 2 heterocycles. The average molecular weight is 345 g/mol. The fourth-order valence-corrected chi connectivity index (χ4v) is 3.35. The van der Waals surface area contributed by atoms with Gasteiger partial charge >= 0.3 is 0 Å². The van der Waals surface area contributed by atoms with Crippen LogP contribution in [0.15, 0.2) is 42.5 Å². The van der Waals surface area contributed by atoms with E-state index in [1.165, 1.54) is 11.3 Å². The van der Waals surface area contributed by atoms with Crippen LogP contribution in [0.25, 0.3) is 21.5 Å². The van der Waals surface area contributed by atoms with Crippen LogP contribution >= 0.6 is 22.9 Å². The summed E-state index contributed by atoms with van der Waals surface area (Å²) < 4.78 is 0.709. The Balaban J connectivity index is 2.13. The Morgan fingerprint density at radius 2 is 2.09 bits per heavy atom. The molecule has 3 aromatic rings. The number of rotatable bonds is 4. The summed E-state index contributed by atoms with van der Waals surface area (Å²) in [5.74, 6) is -0.0677. The molecule has 0 aliphatic rings. The van der Waals surface area contributed by atoms with Gasteiger partial charge in [-0.1, -0.05) is 36.7 Å². The van der Waals surface area contributed by atoms with Gasteiger partial charge in [-0.25, -0.2) is 4.98 Å². The van der Waals surface area contributed by atoms with Crippen molar-refractivity contribution in [3.8, 4) is 10.6 Å². The molecule has 3 nitrogen and oxygen atoms in total. The quantitative estimate of drug-likeness (QED) is 0.711. The lowest BCUT2D eigenvalue weighted by molar-refractivity contribution is 0.0941. The maximum atomic E-state index is 12.7. The van der Waals surface area contributed by atoms with Gasteiger partial charge in [-0.2, -0.15) is 0 Å². The summed E-state index contributed by atoms with van der Waals surface area (Å²) in [7, 11) is 0. The number of halogens is 1. The Bertz CT molecular complexity index is 859. The monoisotopic (exact) mass is 344 g/mol. The highest BCUT2D eigenvalue weighted by molar-refractivity contribution is 7.19. The Hall–Kier alpha value is -1.91. The van der Waals surface area contributed by atoms with Crippen LogP contribution in [0.5, 0.6) is 0 Å². The highest BCUT2D eigenvalue weighted by Gasteiger charge is 2.15. The van der Waals surface area contributed by atoms with E-state index >= 15 is 0 Å². The number of nitrogens with one attached hydrogen (secondary N) is 1. The highest BCUT2D eigenvalue weighted by atomic mass is 35.5. The van der Waals surface area contributed by atoms with E-state index in [4.69, 9.17) is 11.6 Å². The van der Waals surface area contributed by atoms with Crippen molar-refractivity contribution in [1.29, 1.82) is 0 Å². The first-order chi connectivity index (χ1) is 11.1. The van der Waals surface area contributed by atoms with E-state index < -0.39 is 0 Å². The molecule has 0 radical (unpaired) electrons. The molecule has 2 aromatic heterocycles. The van der Waals surface area contributed by atoms with Crippen LogP contribution in [-0.2, 0) is 0 Å². The largest absolute Gasteiger partial charge is 0.350 e. The zero-order valence-corrected chi connectivity index (χ0v) is 14.5. The maximum absolute atomic E-state index is 12.7. The molecule has 23 heavy (non-hydrogen) atoms. The van der Waals surface area contributed by atoms with Crippen LogP contribution in [0.1, 0.15) is 30.6 Å². The van der Waals surface area contributed by atoms with Crippen LogP contribution in [0.3, 0.4) is 0 Å². The van der Waals surface area contributed by atoms with Crippen LogP contribution < -0.4 is 5.32 Å². The first-order valence-electron chi connectivity index (χ1n) is 7.55. The topological polar surface area (TPSA) is 42.0 Å². The molecule has 0 aliphatic carbocycles. The maximum Gasteiger partial charge on any atom is 0.252 e. The molecular weight excluding hydrogens is 328 g/mol. The van der Waals surface area contributed by atoms with Gasteiger partial charge in [-0.05, 0) is 37.6 Å². The van der Waals surface area contributed by atoms with E-state index in [0.29, 0.717) is 9.90 Å². The van der Waals surface area contributed by atoms with Crippen molar-refractivity contribution in [3.63, 3.8) is 0 Å². The van der Waals surface area contributed by atoms with Crippen LogP contribution in [0, 0.1) is 0 Å². The number of fused-ring (bicyclic) bond motifs is 1. The number of carbonyl (C=O) groups is 1. The van der Waals surface area contributed by atoms with Gasteiger partial charge in [-0.15, -0.1) is 11.3 Å². The van der Waals surface area contributed by atoms with Crippen molar-refractivity contribution in [3.05, 3.63) is 52.4 Å². The Labute approximate surface area is 144 Å². The van der Waals surface area contributed by atoms with E-state index in [9.17, 15) is 4.79 Å². The van der Waals surface area contributed by atoms with Crippen molar-refractivity contribution >= 4 is 39.7 Å². The van der Waals surface area contributed by atoms with Gasteiger partial charge in [0.25, 0.3) is 5.91 Å². The third-order valence-electron chi connectivity index (χ3n) is 3.78. The number of amides is 1. The van der Waals surface area contributed by atoms with E-state index in [2.05, 4.69) is 17.2 Å². The lowest BCUT2D eigenvalue weighted by Crippen LogP contribution is -2.32. The molecule has 118 valence electrons. The molecule has 1 aromatic carbocycles. The fourth-order valence-electron chi connectivity index (χ4n) is 2.35. The summed E-state index contributed by atoms with van der Waals surface area (Å²) in [5.41, 5.74) is 2.23. The average Bonchev–Trinajstić information content (AvgIpc) is 3.00. The van der Waals surface area contributed by atoms with Crippen LogP contribution in [-0.4, -0.2) is 16.9 Å². The normalized spacial score (nSPS) is 12.3. The Kier molecular flexibility index (Phi) is 4.64. The molecule has 1 N–H and O–H groups in total. The minimum absolute atomic E-state index is 0.0677. The van der Waals surface area contributed by atoms with Gasteiger partial charge in [0.15, 0.2) is 0 Å². The number of nitrogens with zero attached hydrogens (tertiary/aromatic N) is 1. The summed E-state index contributed by atoms with van der Waals surface area (Å²) in [5, 5.41) is 3.89. The highest BCUT2D eigenvalue weighted by Crippen LogP contribution is 2.32. The van der Waals surface area contributed by atoms with Gasteiger partial charge in [0.05, 0.1) is 26.0 Å². The number of hydrogen-bond acceptors (Lipinski definition) is 3. The summed E-state index contributed by atoms with van der Waals surface area (Å²) in [6.45, 7) is 4.05. The number of para-hydroxylation sites is 1. The second-order valence-corrected chi connectivity index (χ2v) is 7.17. The van der Waals surface area contributed by atoms with Crippen molar-refractivity contribution in [2.24, 2.45) is 0 Å². The minimum atomic E-state index is -0.0677. The molecule has 1 amide bonds. The molecule has 0 saturated carbocycles. The predicted octanol–water partition coefficient (Wildman–Crippen LogP) is 5.15. The molecular formula is C18H17ClN2OS. The van der Waals surface area contributed by atoms with Gasteiger partial charge in [0, 0.05) is 11.4 Å². The van der Waals surface area contributed by atoms with Crippen molar-refractivity contribution in [2.45, 2.75) is 26.3 Å². The molecule has 0 fully saturated rings. The molecule has 1 unspecified atom stereocenters. The van der Waals surface area contributed by atoms with E-state index in [-0.39, 0.29) is 11.9 Å². The van der Waals surface area contributed by atoms with Gasteiger partial charge in [0.1, 0.15) is 0 Å². The second kappa shape index (κ2) is 6.69. The number of carbonyl (C=O) groups excluding carboxylic acids is 1. The zero-order chi connectivity index (χ0) is 16.4. The number of thiophene rings is 1. The molecule has 1 atom stereocenters. The minimum Gasteiger partial charge on any atom is -0.350 e. The predicted molar refractivity (Wildman–Crippen MR) is 97.3 cm³/mol. The van der Waals surface area contributed by atoms with Gasteiger partial charge in [-0.3, -0.25) is 4.79 Å². The van der Waals surface area contributed by atoms with E-state index in [0.717, 1.165) is 27.9 Å². The van der Waals surface area contributed by atoms with Crippen LogP contribution in [0.2, 0.25) is 4.34 Å². The third-order valence-corrected chi connectivity index (χ3v) is 5.03. The first-order valence-corrected chi connectivity index (χ1v) is 8.74. The van der Waals surface area contributed by atoms with Gasteiger partial charge < -0.3 is 5.32 Å². The smallest absolute Gasteiger partial charge is 0.252 e. The Morgan fingerprint density at radius 3 is 2.78 bits per heavy atom. The fraction of sp³-hybridized carbons (Fsp3) is 0.222. The molecule has 0 saturated heterocycles. The molecule has 5 heteroatoms. The van der Waals surface area contributed by atoms with Crippen molar-refractivity contribution in [1.82, 2.24) is 10.3 Å². The van der Waals surface area contributed by atoms with Crippen molar-refractivity contribution in [2.75, 3.05) is 0 Å². The lowest BCUT2D eigenvalue weighted by atomic mass is 10.1. The second-order valence-electron chi connectivity index (χ2n) is 5.46. The summed E-state index contributed by atoms with van der Waals surface area (Å²) >= 11 is 7.49. The summed E-state index contributed by atoms with van der Waals surface area (Å²) in [4.78, 5) is 18.3. The summed E-state index contributed by atoms with van der Waals surface area (Å²) in [6.07, 6.45) is 0.891. The molecule has 0 bridgehead atoms. The zero-order valence-electron chi connectivity index (χ0n) is 13.0.